The largest absolute Gasteiger partial charge is 0.469 e. The summed E-state index contributed by atoms with van der Waals surface area (Å²) >= 11 is 1.69. The minimum absolute atomic E-state index is 0.155. The molecule has 0 bridgehead atoms. The van der Waals surface area contributed by atoms with Crippen molar-refractivity contribution in [3.63, 3.8) is 0 Å². The quantitative estimate of drug-likeness (QED) is 0.616. The predicted molar refractivity (Wildman–Crippen MR) is 70.3 cm³/mol. The summed E-state index contributed by atoms with van der Waals surface area (Å²) < 4.78 is 6.73. The molecule has 0 spiro atoms. The van der Waals surface area contributed by atoms with Crippen LogP contribution in [0.5, 0.6) is 0 Å². The number of esters is 1. The Balaban J connectivity index is 2.11. The van der Waals surface area contributed by atoms with Crippen LogP contribution in [-0.4, -0.2) is 23.4 Å². The Hall–Kier alpha value is -1.42. The first-order valence-corrected chi connectivity index (χ1v) is 6.44. The number of carbonyl (C=O) groups is 1. The van der Waals surface area contributed by atoms with Gasteiger partial charge in [0.1, 0.15) is 0 Å². The molecule has 1 aromatic heterocycles. The normalized spacial score (nSPS) is 10.7. The molecular weight excluding hydrogens is 234 g/mol. The first kappa shape index (κ1) is 12.0. The van der Waals surface area contributed by atoms with Crippen LogP contribution < -0.4 is 0 Å². The van der Waals surface area contributed by atoms with Gasteiger partial charge in [0.15, 0.2) is 0 Å². The first-order valence-electron chi connectivity index (χ1n) is 5.46. The summed E-state index contributed by atoms with van der Waals surface area (Å²) in [5, 5.41) is 1.24. The zero-order chi connectivity index (χ0) is 12.3. The SMILES string of the molecule is COC(=O)CCSc1cn(C)c2ccccc12. The monoisotopic (exact) mass is 249 g/mol. The van der Waals surface area contributed by atoms with Crippen molar-refractivity contribution in [3.05, 3.63) is 30.5 Å². The molecule has 0 aliphatic rings. The van der Waals surface area contributed by atoms with E-state index in [9.17, 15) is 4.79 Å². The zero-order valence-corrected chi connectivity index (χ0v) is 10.8. The highest BCUT2D eigenvalue weighted by Crippen LogP contribution is 2.29. The molecule has 0 N–H and O–H groups in total. The molecule has 0 unspecified atom stereocenters. The summed E-state index contributed by atoms with van der Waals surface area (Å²) in [4.78, 5) is 12.2. The maximum atomic E-state index is 11.0. The second-order valence-corrected chi connectivity index (χ2v) is 4.93. The summed E-state index contributed by atoms with van der Waals surface area (Å²) in [5.41, 5.74) is 1.22. The van der Waals surface area contributed by atoms with Crippen LogP contribution in [0.4, 0.5) is 0 Å². The van der Waals surface area contributed by atoms with E-state index < -0.39 is 0 Å². The van der Waals surface area contributed by atoms with Crippen molar-refractivity contribution in [2.45, 2.75) is 11.3 Å². The molecule has 90 valence electrons. The lowest BCUT2D eigenvalue weighted by molar-refractivity contribution is -0.140. The number of para-hydroxylation sites is 1. The van der Waals surface area contributed by atoms with E-state index in [2.05, 4.69) is 27.6 Å². The third-order valence-corrected chi connectivity index (χ3v) is 3.70. The number of methoxy groups -OCH3 is 1. The van der Waals surface area contributed by atoms with Gasteiger partial charge < -0.3 is 9.30 Å². The topological polar surface area (TPSA) is 31.2 Å². The van der Waals surface area contributed by atoms with Gasteiger partial charge in [-0.05, 0) is 6.07 Å². The van der Waals surface area contributed by atoms with Gasteiger partial charge >= 0.3 is 5.97 Å². The Morgan fingerprint density at radius 3 is 2.94 bits per heavy atom. The van der Waals surface area contributed by atoms with Gasteiger partial charge in [0.05, 0.1) is 13.5 Å². The van der Waals surface area contributed by atoms with E-state index in [1.807, 2.05) is 19.2 Å². The minimum Gasteiger partial charge on any atom is -0.469 e. The van der Waals surface area contributed by atoms with Crippen LogP contribution in [0, 0.1) is 0 Å². The van der Waals surface area contributed by atoms with Gasteiger partial charge in [0.2, 0.25) is 0 Å². The third-order valence-electron chi connectivity index (χ3n) is 2.65. The summed E-state index contributed by atoms with van der Waals surface area (Å²) in [5.74, 6) is 0.596. The van der Waals surface area contributed by atoms with Crippen LogP contribution in [0.15, 0.2) is 35.4 Å². The predicted octanol–water partition coefficient (Wildman–Crippen LogP) is 2.83. The number of hydrogen-bond donors (Lipinski definition) is 0. The fourth-order valence-corrected chi connectivity index (χ4v) is 2.82. The fourth-order valence-electron chi connectivity index (χ4n) is 1.77. The maximum absolute atomic E-state index is 11.0. The third kappa shape index (κ3) is 2.64. The van der Waals surface area contributed by atoms with Crippen molar-refractivity contribution >= 4 is 28.6 Å². The summed E-state index contributed by atoms with van der Waals surface area (Å²) in [7, 11) is 3.46. The van der Waals surface area contributed by atoms with E-state index in [-0.39, 0.29) is 5.97 Å². The van der Waals surface area contributed by atoms with E-state index in [4.69, 9.17) is 0 Å². The number of benzene rings is 1. The molecule has 1 aromatic carbocycles. The van der Waals surface area contributed by atoms with Gasteiger partial charge in [-0.15, -0.1) is 11.8 Å². The number of aromatic nitrogens is 1. The van der Waals surface area contributed by atoms with Gasteiger partial charge in [-0.1, -0.05) is 18.2 Å². The Bertz CT molecular complexity index is 533. The molecule has 0 saturated heterocycles. The highest BCUT2D eigenvalue weighted by atomic mass is 32.2. The fraction of sp³-hybridized carbons (Fsp3) is 0.308. The molecule has 0 radical (unpaired) electrons. The van der Waals surface area contributed by atoms with Crippen molar-refractivity contribution in [2.24, 2.45) is 7.05 Å². The van der Waals surface area contributed by atoms with E-state index >= 15 is 0 Å². The summed E-state index contributed by atoms with van der Waals surface area (Å²) in [6.45, 7) is 0. The van der Waals surface area contributed by atoms with Crippen LogP contribution in [0.1, 0.15) is 6.42 Å². The van der Waals surface area contributed by atoms with Crippen LogP contribution in [0.2, 0.25) is 0 Å². The molecule has 2 aromatic rings. The number of thioether (sulfide) groups is 1. The Labute approximate surface area is 105 Å². The minimum atomic E-state index is -0.155. The van der Waals surface area contributed by atoms with Crippen molar-refractivity contribution in [3.8, 4) is 0 Å². The van der Waals surface area contributed by atoms with Crippen LogP contribution in [0.3, 0.4) is 0 Å². The molecule has 0 atom stereocenters. The number of rotatable bonds is 4. The lowest BCUT2D eigenvalue weighted by Gasteiger charge is -1.99. The number of fused-ring (bicyclic) bond motifs is 1. The van der Waals surface area contributed by atoms with E-state index in [1.54, 1.807) is 11.8 Å². The number of hydrogen-bond acceptors (Lipinski definition) is 3. The molecule has 17 heavy (non-hydrogen) atoms. The summed E-state index contributed by atoms with van der Waals surface area (Å²) in [6.07, 6.45) is 2.55. The molecule has 0 fully saturated rings. The van der Waals surface area contributed by atoms with Gasteiger partial charge in [-0.3, -0.25) is 4.79 Å². The highest BCUT2D eigenvalue weighted by molar-refractivity contribution is 7.99. The number of ether oxygens (including phenoxy) is 1. The second kappa shape index (κ2) is 5.27. The van der Waals surface area contributed by atoms with Gasteiger partial charge in [-0.2, -0.15) is 0 Å². The van der Waals surface area contributed by atoms with Crippen molar-refractivity contribution in [1.82, 2.24) is 4.57 Å². The number of carbonyl (C=O) groups excluding carboxylic acids is 1. The molecule has 1 heterocycles. The molecule has 0 amide bonds. The lowest BCUT2D eigenvalue weighted by Crippen LogP contribution is -2.00. The Kier molecular flexibility index (Phi) is 3.74. The maximum Gasteiger partial charge on any atom is 0.306 e. The second-order valence-electron chi connectivity index (χ2n) is 3.80. The van der Waals surface area contributed by atoms with Crippen molar-refractivity contribution < 1.29 is 9.53 Å². The zero-order valence-electron chi connectivity index (χ0n) is 9.97. The molecular formula is C13H15NO2S. The van der Waals surface area contributed by atoms with Crippen molar-refractivity contribution in [2.75, 3.05) is 12.9 Å². The summed E-state index contributed by atoms with van der Waals surface area (Å²) in [6, 6.07) is 8.27. The lowest BCUT2D eigenvalue weighted by atomic mass is 10.2. The standard InChI is InChI=1S/C13H15NO2S/c1-14-9-12(17-8-7-13(15)16-2)10-5-3-4-6-11(10)14/h3-6,9H,7-8H2,1-2H3. The average molecular weight is 249 g/mol. The van der Waals surface area contributed by atoms with E-state index in [0.717, 1.165) is 5.75 Å². The highest BCUT2D eigenvalue weighted by Gasteiger charge is 2.07. The van der Waals surface area contributed by atoms with Crippen LogP contribution >= 0.6 is 11.8 Å². The van der Waals surface area contributed by atoms with Crippen LogP contribution in [0.25, 0.3) is 10.9 Å². The molecule has 0 aliphatic heterocycles. The van der Waals surface area contributed by atoms with Gasteiger partial charge in [-0.25, -0.2) is 0 Å². The molecule has 0 aliphatic carbocycles. The Morgan fingerprint density at radius 1 is 1.41 bits per heavy atom. The smallest absolute Gasteiger partial charge is 0.306 e. The Morgan fingerprint density at radius 2 is 2.18 bits per heavy atom. The average Bonchev–Trinajstić information content (AvgIpc) is 2.67. The molecule has 0 saturated carbocycles. The van der Waals surface area contributed by atoms with E-state index in [0.29, 0.717) is 6.42 Å². The molecule has 4 heteroatoms. The van der Waals surface area contributed by atoms with Crippen LogP contribution in [-0.2, 0) is 16.6 Å². The van der Waals surface area contributed by atoms with Crippen molar-refractivity contribution in [1.29, 1.82) is 0 Å². The van der Waals surface area contributed by atoms with Gasteiger partial charge in [0.25, 0.3) is 0 Å². The molecule has 3 nitrogen and oxygen atoms in total. The molecule has 2 rings (SSSR count). The first-order chi connectivity index (χ1) is 8.22. The number of aryl methyl sites for hydroxylation is 1. The van der Waals surface area contributed by atoms with E-state index in [1.165, 1.54) is 22.9 Å². The van der Waals surface area contributed by atoms with Gasteiger partial charge in [0, 0.05) is 34.8 Å². The number of nitrogens with zero attached hydrogens (tertiary/aromatic N) is 1.